The molecule has 24 heavy (non-hydrogen) atoms. The molecule has 0 saturated carbocycles. The van der Waals surface area contributed by atoms with Gasteiger partial charge >= 0.3 is 0 Å². The molecule has 0 aromatic heterocycles. The molecule has 0 N–H and O–H groups in total. The molecule has 130 valence electrons. The highest BCUT2D eigenvalue weighted by Crippen LogP contribution is 2.20. The van der Waals surface area contributed by atoms with E-state index in [1.807, 2.05) is 23.1 Å². The van der Waals surface area contributed by atoms with Gasteiger partial charge in [0.2, 0.25) is 5.91 Å². The van der Waals surface area contributed by atoms with Crippen molar-refractivity contribution in [2.75, 3.05) is 32.8 Å². The van der Waals surface area contributed by atoms with Crippen LogP contribution >= 0.6 is 15.9 Å². The van der Waals surface area contributed by atoms with Crippen molar-refractivity contribution in [2.45, 2.75) is 31.8 Å². The van der Waals surface area contributed by atoms with Crippen LogP contribution in [0.25, 0.3) is 0 Å². The van der Waals surface area contributed by atoms with Crippen LogP contribution in [0.3, 0.4) is 0 Å². The summed E-state index contributed by atoms with van der Waals surface area (Å²) in [5.74, 6) is -0.0866. The summed E-state index contributed by atoms with van der Waals surface area (Å²) in [4.78, 5) is 29.0. The van der Waals surface area contributed by atoms with Gasteiger partial charge in [0, 0.05) is 30.7 Å². The van der Waals surface area contributed by atoms with E-state index < -0.39 is 0 Å². The third kappa shape index (κ3) is 4.16. The second kappa shape index (κ2) is 8.12. The lowest BCUT2D eigenvalue weighted by Crippen LogP contribution is -2.45. The topological polar surface area (TPSA) is 49.9 Å². The Hall–Kier alpha value is -1.40. The van der Waals surface area contributed by atoms with Crippen LogP contribution in [0, 0.1) is 0 Å². The van der Waals surface area contributed by atoms with E-state index in [0.29, 0.717) is 12.1 Å². The largest absolute Gasteiger partial charge is 0.376 e. The molecular formula is C18H23BrN2O3. The first-order valence-electron chi connectivity index (χ1n) is 8.58. The van der Waals surface area contributed by atoms with Crippen LogP contribution in [-0.2, 0) is 9.53 Å². The van der Waals surface area contributed by atoms with Crippen molar-refractivity contribution >= 4 is 27.7 Å². The van der Waals surface area contributed by atoms with Crippen LogP contribution in [0.5, 0.6) is 0 Å². The molecule has 1 aromatic rings. The first-order valence-corrected chi connectivity index (χ1v) is 9.37. The second-order valence-corrected chi connectivity index (χ2v) is 7.24. The van der Waals surface area contributed by atoms with E-state index in [0.717, 1.165) is 49.9 Å². The Bertz CT molecular complexity index is 596. The highest BCUT2D eigenvalue weighted by atomic mass is 79.9. The number of amides is 2. The zero-order valence-corrected chi connectivity index (χ0v) is 15.3. The summed E-state index contributed by atoms with van der Waals surface area (Å²) in [5.41, 5.74) is 0.588. The number of benzene rings is 1. The Morgan fingerprint density at radius 1 is 1.21 bits per heavy atom. The molecule has 6 heteroatoms. The monoisotopic (exact) mass is 394 g/mol. The van der Waals surface area contributed by atoms with Crippen molar-refractivity contribution in [1.29, 1.82) is 0 Å². The fourth-order valence-corrected chi connectivity index (χ4v) is 3.74. The van der Waals surface area contributed by atoms with Crippen molar-refractivity contribution in [3.63, 3.8) is 0 Å². The summed E-state index contributed by atoms with van der Waals surface area (Å²) in [6.07, 6.45) is 4.09. The molecule has 2 heterocycles. The molecule has 3 rings (SSSR count). The predicted molar refractivity (Wildman–Crippen MR) is 94.8 cm³/mol. The molecule has 0 radical (unpaired) electrons. The summed E-state index contributed by atoms with van der Waals surface area (Å²) in [6, 6.07) is 7.35. The van der Waals surface area contributed by atoms with Crippen molar-refractivity contribution < 1.29 is 14.3 Å². The number of halogens is 1. The number of ether oxygens (including phenoxy) is 1. The number of likely N-dealkylation sites (tertiary alicyclic amines) is 1. The van der Waals surface area contributed by atoms with Gasteiger partial charge in [-0.2, -0.15) is 0 Å². The zero-order valence-electron chi connectivity index (χ0n) is 13.7. The Morgan fingerprint density at radius 3 is 2.62 bits per heavy atom. The highest BCUT2D eigenvalue weighted by molar-refractivity contribution is 9.10. The minimum absolute atomic E-state index is 0.0304. The minimum Gasteiger partial charge on any atom is -0.376 e. The fraction of sp³-hybridized carbons (Fsp3) is 0.556. The average Bonchev–Trinajstić information content (AvgIpc) is 3.27. The average molecular weight is 395 g/mol. The van der Waals surface area contributed by atoms with Gasteiger partial charge in [-0.3, -0.25) is 9.59 Å². The van der Waals surface area contributed by atoms with Gasteiger partial charge in [-0.15, -0.1) is 0 Å². The van der Waals surface area contributed by atoms with E-state index in [1.54, 1.807) is 11.0 Å². The van der Waals surface area contributed by atoms with E-state index >= 15 is 0 Å². The van der Waals surface area contributed by atoms with Gasteiger partial charge in [-0.25, -0.2) is 0 Å². The van der Waals surface area contributed by atoms with E-state index in [1.165, 1.54) is 0 Å². The molecule has 1 atom stereocenters. The number of carbonyl (C=O) groups excluding carboxylic acids is 2. The first-order chi connectivity index (χ1) is 11.6. The van der Waals surface area contributed by atoms with Gasteiger partial charge in [0.1, 0.15) is 6.54 Å². The maximum atomic E-state index is 13.0. The van der Waals surface area contributed by atoms with Crippen molar-refractivity contribution in [3.05, 3.63) is 34.3 Å². The van der Waals surface area contributed by atoms with E-state index in [4.69, 9.17) is 4.74 Å². The molecule has 2 aliphatic heterocycles. The predicted octanol–water partition coefficient (Wildman–Crippen LogP) is 2.69. The maximum Gasteiger partial charge on any atom is 0.255 e. The van der Waals surface area contributed by atoms with Crippen molar-refractivity contribution in [2.24, 2.45) is 0 Å². The quantitative estimate of drug-likeness (QED) is 0.771. The van der Waals surface area contributed by atoms with E-state index in [-0.39, 0.29) is 24.5 Å². The number of nitrogens with zero attached hydrogens (tertiary/aromatic N) is 2. The van der Waals surface area contributed by atoms with Crippen LogP contribution in [0.1, 0.15) is 36.0 Å². The summed E-state index contributed by atoms with van der Waals surface area (Å²) in [6.45, 7) is 2.94. The van der Waals surface area contributed by atoms with Gasteiger partial charge in [0.05, 0.1) is 11.7 Å². The molecule has 0 spiro atoms. The third-order valence-electron chi connectivity index (χ3n) is 4.62. The number of hydrogen-bond acceptors (Lipinski definition) is 3. The van der Waals surface area contributed by atoms with Gasteiger partial charge < -0.3 is 14.5 Å². The van der Waals surface area contributed by atoms with Crippen LogP contribution < -0.4 is 0 Å². The number of rotatable bonds is 5. The molecular weight excluding hydrogens is 372 g/mol. The highest BCUT2D eigenvalue weighted by Gasteiger charge is 2.28. The SMILES string of the molecule is O=C(CN(CC1CCCO1)C(=O)c1ccccc1Br)N1CCCC1. The normalized spacial score (nSPS) is 20.4. The molecule has 5 nitrogen and oxygen atoms in total. The lowest BCUT2D eigenvalue weighted by molar-refractivity contribution is -0.131. The van der Waals surface area contributed by atoms with Crippen LogP contribution in [0.15, 0.2) is 28.7 Å². The summed E-state index contributed by atoms with van der Waals surface area (Å²) < 4.78 is 6.43. The fourth-order valence-electron chi connectivity index (χ4n) is 3.29. The van der Waals surface area contributed by atoms with Gasteiger partial charge in [-0.1, -0.05) is 12.1 Å². The lowest BCUT2D eigenvalue weighted by atomic mass is 10.1. The van der Waals surface area contributed by atoms with Gasteiger partial charge in [-0.05, 0) is 53.7 Å². The van der Waals surface area contributed by atoms with Crippen LogP contribution in [0.2, 0.25) is 0 Å². The minimum atomic E-state index is -0.120. The molecule has 0 bridgehead atoms. The van der Waals surface area contributed by atoms with Crippen molar-refractivity contribution in [1.82, 2.24) is 9.80 Å². The maximum absolute atomic E-state index is 13.0. The molecule has 1 aromatic carbocycles. The lowest BCUT2D eigenvalue weighted by Gasteiger charge is -2.27. The number of carbonyl (C=O) groups is 2. The number of hydrogen-bond donors (Lipinski definition) is 0. The first kappa shape index (κ1) is 17.4. The smallest absolute Gasteiger partial charge is 0.255 e. The second-order valence-electron chi connectivity index (χ2n) is 6.39. The van der Waals surface area contributed by atoms with E-state index in [9.17, 15) is 9.59 Å². The summed E-state index contributed by atoms with van der Waals surface area (Å²) in [7, 11) is 0. The standard InChI is InChI=1S/C18H23BrN2O3/c19-16-8-2-1-7-15(16)18(23)21(12-14-6-5-11-24-14)13-17(22)20-9-3-4-10-20/h1-2,7-8,14H,3-6,9-13H2. The third-order valence-corrected chi connectivity index (χ3v) is 5.32. The molecule has 2 amide bonds. The van der Waals surface area contributed by atoms with Crippen LogP contribution in [-0.4, -0.2) is 60.5 Å². The Kier molecular flexibility index (Phi) is 5.89. The zero-order chi connectivity index (χ0) is 16.9. The molecule has 2 aliphatic rings. The summed E-state index contributed by atoms with van der Waals surface area (Å²) in [5, 5.41) is 0. The molecule has 2 fully saturated rings. The van der Waals surface area contributed by atoms with Crippen LogP contribution in [0.4, 0.5) is 0 Å². The Labute approximate surface area is 151 Å². The summed E-state index contributed by atoms with van der Waals surface area (Å²) >= 11 is 3.44. The van der Waals surface area contributed by atoms with E-state index in [2.05, 4.69) is 15.9 Å². The van der Waals surface area contributed by atoms with Gasteiger partial charge in [0.15, 0.2) is 0 Å². The molecule has 2 saturated heterocycles. The molecule has 1 unspecified atom stereocenters. The van der Waals surface area contributed by atoms with Gasteiger partial charge in [0.25, 0.3) is 5.91 Å². The molecule has 0 aliphatic carbocycles. The van der Waals surface area contributed by atoms with Crippen molar-refractivity contribution in [3.8, 4) is 0 Å². The Balaban J connectivity index is 1.74. The Morgan fingerprint density at radius 2 is 1.96 bits per heavy atom.